The van der Waals surface area contributed by atoms with Crippen molar-refractivity contribution < 1.29 is 0 Å². The van der Waals surface area contributed by atoms with Crippen LogP contribution in [0.1, 0.15) is 6.92 Å². The maximum Gasteiger partial charge on any atom is 0.0803 e. The van der Waals surface area contributed by atoms with E-state index in [1.165, 1.54) is 0 Å². The zero-order valence-electron chi connectivity index (χ0n) is 6.89. The lowest BCUT2D eigenvalue weighted by molar-refractivity contribution is 0.558. The van der Waals surface area contributed by atoms with Gasteiger partial charge in [0.2, 0.25) is 0 Å². The Morgan fingerprint density at radius 3 is 2.10 bits per heavy atom. The van der Waals surface area contributed by atoms with E-state index in [1.54, 1.807) is 0 Å². The zero-order valence-corrected chi connectivity index (χ0v) is 6.89. The Bertz CT molecular complexity index is 166. The summed E-state index contributed by atoms with van der Waals surface area (Å²) in [5.41, 5.74) is 1.77. The highest BCUT2D eigenvalue weighted by Crippen LogP contribution is 2.06. The summed E-state index contributed by atoms with van der Waals surface area (Å²) in [5, 5.41) is 0. The van der Waals surface area contributed by atoms with Gasteiger partial charge in [0.05, 0.1) is 5.70 Å². The summed E-state index contributed by atoms with van der Waals surface area (Å²) < 4.78 is 0. The molecule has 0 bridgehead atoms. The van der Waals surface area contributed by atoms with Crippen LogP contribution in [-0.4, -0.2) is 25.7 Å². The summed E-state index contributed by atoms with van der Waals surface area (Å²) in [5.74, 6) is 0. The molecule has 0 atom stereocenters. The Morgan fingerprint density at radius 2 is 2.00 bits per heavy atom. The number of hydrogen-bond acceptors (Lipinski definition) is 2. The molecule has 56 valence electrons. The first-order valence-electron chi connectivity index (χ1n) is 3.08. The topological polar surface area (TPSA) is 15.6 Å². The summed E-state index contributed by atoms with van der Waals surface area (Å²) in [6, 6.07) is 0. The Balaban J connectivity index is 4.33. The zero-order chi connectivity index (χ0) is 8.15. The molecule has 0 N–H and O–H groups in total. The molecule has 0 aliphatic heterocycles. The van der Waals surface area contributed by atoms with Gasteiger partial charge in [-0.1, -0.05) is 6.58 Å². The Hall–Kier alpha value is -1.05. The molecule has 0 aromatic carbocycles. The molecule has 0 amide bonds. The molecule has 0 spiro atoms. The smallest absolute Gasteiger partial charge is 0.0803 e. The molecule has 0 aliphatic carbocycles. The van der Waals surface area contributed by atoms with E-state index in [2.05, 4.69) is 18.3 Å². The number of rotatable bonds is 3. The summed E-state index contributed by atoms with van der Waals surface area (Å²) in [7, 11) is 3.88. The van der Waals surface area contributed by atoms with Crippen LogP contribution in [0.5, 0.6) is 0 Å². The van der Waals surface area contributed by atoms with Gasteiger partial charge in [0, 0.05) is 20.3 Å². The van der Waals surface area contributed by atoms with Crippen molar-refractivity contribution in [3.8, 4) is 0 Å². The second kappa shape index (κ2) is 3.88. The first kappa shape index (κ1) is 8.95. The van der Waals surface area contributed by atoms with Crippen LogP contribution in [0, 0.1) is 0 Å². The molecule has 0 heterocycles. The summed E-state index contributed by atoms with van der Waals surface area (Å²) in [4.78, 5) is 5.71. The number of aliphatic imine (C=N–C) groups is 1. The van der Waals surface area contributed by atoms with Crippen LogP contribution in [0.15, 0.2) is 29.0 Å². The van der Waals surface area contributed by atoms with Crippen molar-refractivity contribution in [1.29, 1.82) is 0 Å². The van der Waals surface area contributed by atoms with Gasteiger partial charge in [0.15, 0.2) is 0 Å². The predicted molar refractivity (Wildman–Crippen MR) is 46.1 cm³/mol. The second-order valence-electron chi connectivity index (χ2n) is 2.42. The van der Waals surface area contributed by atoms with Crippen LogP contribution in [0.4, 0.5) is 0 Å². The lowest BCUT2D eigenvalue weighted by Crippen LogP contribution is -2.02. The molecule has 10 heavy (non-hydrogen) atoms. The maximum atomic E-state index is 3.80. The van der Waals surface area contributed by atoms with E-state index < -0.39 is 0 Å². The Labute approximate surface area is 62.6 Å². The van der Waals surface area contributed by atoms with E-state index in [0.717, 1.165) is 11.3 Å². The molecule has 2 heteroatoms. The van der Waals surface area contributed by atoms with E-state index in [0.29, 0.717) is 0 Å². The molecule has 0 aliphatic rings. The van der Waals surface area contributed by atoms with Gasteiger partial charge in [-0.2, -0.15) is 0 Å². The second-order valence-corrected chi connectivity index (χ2v) is 2.42. The average Bonchev–Trinajstić information content (AvgIpc) is 1.81. The third kappa shape index (κ3) is 3.07. The molecule has 0 saturated heterocycles. The van der Waals surface area contributed by atoms with Crippen LogP contribution >= 0.6 is 0 Å². The van der Waals surface area contributed by atoms with Gasteiger partial charge in [0.1, 0.15) is 0 Å². The van der Waals surface area contributed by atoms with E-state index in [-0.39, 0.29) is 0 Å². The van der Waals surface area contributed by atoms with Gasteiger partial charge in [-0.25, -0.2) is 0 Å². The van der Waals surface area contributed by atoms with Gasteiger partial charge < -0.3 is 4.90 Å². The molecule has 2 nitrogen and oxygen atoms in total. The molecule has 0 unspecified atom stereocenters. The summed E-state index contributed by atoms with van der Waals surface area (Å²) in [6.45, 7) is 9.09. The minimum atomic E-state index is 0.838. The van der Waals surface area contributed by atoms with Crippen molar-refractivity contribution >= 4 is 6.72 Å². The maximum absolute atomic E-state index is 3.80. The van der Waals surface area contributed by atoms with Crippen LogP contribution in [-0.2, 0) is 0 Å². The monoisotopic (exact) mass is 138 g/mol. The van der Waals surface area contributed by atoms with Crippen molar-refractivity contribution in [2.75, 3.05) is 14.1 Å². The van der Waals surface area contributed by atoms with Crippen LogP contribution in [0.25, 0.3) is 0 Å². The minimum absolute atomic E-state index is 0.838. The number of allylic oxidation sites excluding steroid dienone is 1. The molecule has 0 saturated carbocycles. The van der Waals surface area contributed by atoms with Gasteiger partial charge in [-0.05, 0) is 19.2 Å². The SMILES string of the molecule is C=N/C(=C\N(C)C)C(=C)C. The molecule has 0 aromatic heterocycles. The lowest BCUT2D eigenvalue weighted by Gasteiger charge is -2.06. The molecule has 0 aromatic rings. The van der Waals surface area contributed by atoms with Crippen molar-refractivity contribution in [2.45, 2.75) is 6.92 Å². The molecular weight excluding hydrogens is 124 g/mol. The van der Waals surface area contributed by atoms with Gasteiger partial charge in [-0.3, -0.25) is 4.99 Å². The normalized spacial score (nSPS) is 10.9. The highest BCUT2D eigenvalue weighted by molar-refractivity contribution is 5.36. The van der Waals surface area contributed by atoms with Crippen molar-refractivity contribution in [2.24, 2.45) is 4.99 Å². The van der Waals surface area contributed by atoms with Crippen molar-refractivity contribution in [3.63, 3.8) is 0 Å². The largest absolute Gasteiger partial charge is 0.382 e. The van der Waals surface area contributed by atoms with E-state index in [4.69, 9.17) is 0 Å². The Kier molecular flexibility index (Phi) is 3.47. The van der Waals surface area contributed by atoms with Crippen molar-refractivity contribution in [3.05, 3.63) is 24.0 Å². The van der Waals surface area contributed by atoms with Crippen molar-refractivity contribution in [1.82, 2.24) is 4.90 Å². The Morgan fingerprint density at radius 1 is 1.50 bits per heavy atom. The van der Waals surface area contributed by atoms with Gasteiger partial charge >= 0.3 is 0 Å². The fraction of sp³-hybridized carbons (Fsp3) is 0.375. The fourth-order valence-electron chi connectivity index (χ4n) is 0.531. The fourth-order valence-corrected chi connectivity index (χ4v) is 0.531. The third-order valence-corrected chi connectivity index (χ3v) is 0.988. The lowest BCUT2D eigenvalue weighted by atomic mass is 10.3. The number of hydrogen-bond donors (Lipinski definition) is 0. The summed E-state index contributed by atoms with van der Waals surface area (Å²) in [6.07, 6.45) is 1.88. The quantitative estimate of drug-likeness (QED) is 0.428. The average molecular weight is 138 g/mol. The number of nitrogens with zero attached hydrogens (tertiary/aromatic N) is 2. The van der Waals surface area contributed by atoms with Gasteiger partial charge in [0.25, 0.3) is 0 Å². The molecule has 0 radical (unpaired) electrons. The van der Waals surface area contributed by atoms with E-state index in [9.17, 15) is 0 Å². The van der Waals surface area contributed by atoms with Crippen LogP contribution in [0.2, 0.25) is 0 Å². The molecule has 0 rings (SSSR count). The predicted octanol–water partition coefficient (Wildman–Crippen LogP) is 1.67. The van der Waals surface area contributed by atoms with Gasteiger partial charge in [-0.15, -0.1) is 0 Å². The summed E-state index contributed by atoms with van der Waals surface area (Å²) >= 11 is 0. The van der Waals surface area contributed by atoms with Crippen LogP contribution < -0.4 is 0 Å². The standard InChI is InChI=1S/C8H14N2/c1-7(2)8(9-3)6-10(4)5/h6H,1,3H2,2,4-5H3/b8-6-. The first-order chi connectivity index (χ1) is 4.57. The highest BCUT2D eigenvalue weighted by Gasteiger charge is 1.92. The van der Waals surface area contributed by atoms with E-state index >= 15 is 0 Å². The van der Waals surface area contributed by atoms with E-state index in [1.807, 2.05) is 32.1 Å². The highest BCUT2D eigenvalue weighted by atomic mass is 15.0. The first-order valence-corrected chi connectivity index (χ1v) is 3.08. The molecular formula is C8H14N2. The molecule has 0 fully saturated rings. The minimum Gasteiger partial charge on any atom is -0.382 e. The third-order valence-electron chi connectivity index (χ3n) is 0.988. The van der Waals surface area contributed by atoms with Crippen LogP contribution in [0.3, 0.4) is 0 Å².